The van der Waals surface area contributed by atoms with E-state index in [-0.39, 0.29) is 24.1 Å². The lowest BCUT2D eigenvalue weighted by atomic mass is 10.0. The molecule has 0 aliphatic heterocycles. The Labute approximate surface area is 240 Å². The Hall–Kier alpha value is -3.83. The number of hydrogen-bond donors (Lipinski definition) is 2. The highest BCUT2D eigenvalue weighted by atomic mass is 19.4. The average Bonchev–Trinajstić information content (AvgIpc) is 3.43. The maximum absolute atomic E-state index is 13.6. The molecule has 1 fully saturated rings. The quantitative estimate of drug-likeness (QED) is 0.157. The fourth-order valence-corrected chi connectivity index (χ4v) is 5.36. The first-order valence-electron chi connectivity index (χ1n) is 13.7. The van der Waals surface area contributed by atoms with Crippen molar-refractivity contribution < 1.29 is 31.1 Å². The average molecular weight is 594 g/mol. The van der Waals surface area contributed by atoms with E-state index in [9.17, 15) is 26.3 Å². The lowest BCUT2D eigenvalue weighted by Gasteiger charge is -2.30. The van der Waals surface area contributed by atoms with E-state index < -0.39 is 36.0 Å². The van der Waals surface area contributed by atoms with Crippen molar-refractivity contribution in [2.45, 2.75) is 65.0 Å². The summed E-state index contributed by atoms with van der Waals surface area (Å²) in [5.41, 5.74) is -1.81. The van der Waals surface area contributed by atoms with Crippen LogP contribution in [0.1, 0.15) is 61.8 Å². The molecule has 0 unspecified atom stereocenters. The normalized spacial score (nSPS) is 14.3. The summed E-state index contributed by atoms with van der Waals surface area (Å²) in [5.74, 6) is 0.765. The molecule has 2 aromatic carbocycles. The number of fused-ring (bicyclic) bond motifs is 1. The van der Waals surface area contributed by atoms with E-state index >= 15 is 0 Å². The topological polar surface area (TPSA) is 76.3 Å². The van der Waals surface area contributed by atoms with Crippen LogP contribution < -0.4 is 4.90 Å². The summed E-state index contributed by atoms with van der Waals surface area (Å²) in [5, 5.41) is 16.9. The Kier molecular flexibility index (Phi) is 9.32. The van der Waals surface area contributed by atoms with E-state index in [0.717, 1.165) is 43.1 Å². The lowest BCUT2D eigenvalue weighted by molar-refractivity contribution is -0.143. The second kappa shape index (κ2) is 12.6. The van der Waals surface area contributed by atoms with Crippen LogP contribution in [-0.2, 0) is 30.2 Å². The summed E-state index contributed by atoms with van der Waals surface area (Å²) in [7, 11) is 0. The van der Waals surface area contributed by atoms with Gasteiger partial charge in [0.05, 0.1) is 23.2 Å². The standard InChI is InChI=1S/C30H33F6N5O/c1-3-40(16-20-8-4-5-9-20)27-23(14-22-10-6-7-11-26(22)39-27)18-41(28(38)42-19(2)37)17-21-12-24(29(31,32)33)15-25(13-21)30(34,35)36/h6-7,10-15,20,37-38H,3-5,8-9,16-18H2,1-2H3. The Morgan fingerprint density at radius 1 is 0.929 bits per heavy atom. The minimum atomic E-state index is -5.01. The second-order valence-corrected chi connectivity index (χ2v) is 10.6. The number of hydrogen-bond acceptors (Lipinski definition) is 5. The van der Waals surface area contributed by atoms with Gasteiger partial charge in [-0.25, -0.2) is 4.98 Å². The molecule has 0 atom stereocenters. The fraction of sp³-hybridized carbons (Fsp3) is 0.433. The third kappa shape index (κ3) is 7.71. The first-order valence-corrected chi connectivity index (χ1v) is 13.7. The molecule has 0 saturated heterocycles. The van der Waals surface area contributed by atoms with E-state index in [4.69, 9.17) is 20.5 Å². The molecule has 1 aromatic heterocycles. The zero-order chi connectivity index (χ0) is 30.7. The van der Waals surface area contributed by atoms with Crippen LogP contribution in [0.4, 0.5) is 32.2 Å². The number of aromatic nitrogens is 1. The molecule has 6 nitrogen and oxygen atoms in total. The molecule has 42 heavy (non-hydrogen) atoms. The summed E-state index contributed by atoms with van der Waals surface area (Å²) >= 11 is 0. The number of ether oxygens (including phenoxy) is 1. The number of halogens is 6. The number of amidine groups is 1. The molecular weight excluding hydrogens is 560 g/mol. The molecule has 0 radical (unpaired) electrons. The predicted octanol–water partition coefficient (Wildman–Crippen LogP) is 8.24. The highest BCUT2D eigenvalue weighted by Crippen LogP contribution is 2.37. The Morgan fingerprint density at radius 3 is 2.12 bits per heavy atom. The molecule has 226 valence electrons. The SMILES string of the molecule is CCN(CC1CCCC1)c1nc2ccccc2cc1CN(Cc1cc(C(F)(F)F)cc(C(F)(F)F)c1)C(=N)OC(C)=N. The number of nitrogens with zero attached hydrogens (tertiary/aromatic N) is 3. The van der Waals surface area contributed by atoms with Gasteiger partial charge in [-0.3, -0.25) is 10.8 Å². The van der Waals surface area contributed by atoms with Crippen LogP contribution in [0.5, 0.6) is 0 Å². The van der Waals surface area contributed by atoms with Crippen molar-refractivity contribution in [1.82, 2.24) is 9.88 Å². The summed E-state index contributed by atoms with van der Waals surface area (Å²) in [4.78, 5) is 8.26. The van der Waals surface area contributed by atoms with Crippen molar-refractivity contribution in [2.24, 2.45) is 5.92 Å². The number of alkyl halides is 6. The van der Waals surface area contributed by atoms with E-state index in [0.29, 0.717) is 36.0 Å². The number of pyridine rings is 1. The van der Waals surface area contributed by atoms with Crippen molar-refractivity contribution in [3.8, 4) is 0 Å². The highest BCUT2D eigenvalue weighted by molar-refractivity contribution is 5.86. The fourth-order valence-electron chi connectivity index (χ4n) is 5.36. The minimum Gasteiger partial charge on any atom is -0.412 e. The summed E-state index contributed by atoms with van der Waals surface area (Å²) in [6.45, 7) is 4.06. The van der Waals surface area contributed by atoms with Gasteiger partial charge in [-0.1, -0.05) is 31.0 Å². The first kappa shape index (κ1) is 31.1. The third-order valence-electron chi connectivity index (χ3n) is 7.33. The van der Waals surface area contributed by atoms with Gasteiger partial charge in [-0.15, -0.1) is 0 Å². The van der Waals surface area contributed by atoms with Gasteiger partial charge in [0.15, 0.2) is 5.90 Å². The van der Waals surface area contributed by atoms with Crippen LogP contribution in [0.25, 0.3) is 10.9 Å². The van der Waals surface area contributed by atoms with Crippen molar-refractivity contribution in [3.63, 3.8) is 0 Å². The van der Waals surface area contributed by atoms with Gasteiger partial charge in [-0.2, -0.15) is 26.3 Å². The monoisotopic (exact) mass is 593 g/mol. The molecule has 1 heterocycles. The number of nitrogens with one attached hydrogen (secondary N) is 2. The lowest BCUT2D eigenvalue weighted by Crippen LogP contribution is -2.35. The molecule has 4 rings (SSSR count). The van der Waals surface area contributed by atoms with E-state index in [2.05, 4.69) is 4.90 Å². The van der Waals surface area contributed by atoms with Crippen LogP contribution in [0.3, 0.4) is 0 Å². The maximum Gasteiger partial charge on any atom is 0.416 e. The smallest absolute Gasteiger partial charge is 0.412 e. The van der Waals surface area contributed by atoms with E-state index in [1.165, 1.54) is 11.8 Å². The molecule has 2 N–H and O–H groups in total. The number of rotatable bonds is 8. The zero-order valence-corrected chi connectivity index (χ0v) is 23.4. The summed E-state index contributed by atoms with van der Waals surface area (Å²) in [6.07, 6.45) is -5.51. The first-order chi connectivity index (χ1) is 19.7. The summed E-state index contributed by atoms with van der Waals surface area (Å²) in [6, 6.07) is 10.1. The van der Waals surface area contributed by atoms with Gasteiger partial charge >= 0.3 is 12.4 Å². The Morgan fingerprint density at radius 2 is 1.55 bits per heavy atom. The maximum atomic E-state index is 13.6. The summed E-state index contributed by atoms with van der Waals surface area (Å²) < 4.78 is 86.5. The van der Waals surface area contributed by atoms with Crippen LogP contribution in [-0.4, -0.2) is 34.9 Å². The van der Waals surface area contributed by atoms with Gasteiger partial charge in [0.1, 0.15) is 5.82 Å². The number of para-hydroxylation sites is 1. The Bertz CT molecular complexity index is 1400. The van der Waals surface area contributed by atoms with E-state index in [1.807, 2.05) is 37.3 Å². The molecule has 3 aromatic rings. The number of benzene rings is 2. The van der Waals surface area contributed by atoms with Gasteiger partial charge in [-0.05, 0) is 61.6 Å². The predicted molar refractivity (Wildman–Crippen MR) is 149 cm³/mol. The van der Waals surface area contributed by atoms with Crippen LogP contribution in [0.2, 0.25) is 0 Å². The molecule has 0 amide bonds. The van der Waals surface area contributed by atoms with Gasteiger partial charge in [0, 0.05) is 37.5 Å². The van der Waals surface area contributed by atoms with Gasteiger partial charge in [0.25, 0.3) is 6.02 Å². The molecule has 1 aliphatic carbocycles. The van der Waals surface area contributed by atoms with Crippen molar-refractivity contribution in [3.05, 3.63) is 70.8 Å². The van der Waals surface area contributed by atoms with Crippen LogP contribution in [0.15, 0.2) is 48.5 Å². The van der Waals surface area contributed by atoms with E-state index in [1.54, 1.807) is 0 Å². The van der Waals surface area contributed by atoms with Crippen molar-refractivity contribution in [1.29, 1.82) is 10.8 Å². The van der Waals surface area contributed by atoms with Crippen LogP contribution in [0, 0.1) is 16.7 Å². The Balaban J connectivity index is 1.78. The highest BCUT2D eigenvalue weighted by Gasteiger charge is 2.37. The zero-order valence-electron chi connectivity index (χ0n) is 23.4. The molecule has 0 bridgehead atoms. The molecule has 1 saturated carbocycles. The molecular formula is C30H33F6N5O. The van der Waals surface area contributed by atoms with Gasteiger partial charge in [0.2, 0.25) is 0 Å². The largest absolute Gasteiger partial charge is 0.416 e. The third-order valence-corrected chi connectivity index (χ3v) is 7.33. The molecule has 12 heteroatoms. The minimum absolute atomic E-state index is 0.0743. The second-order valence-electron chi connectivity index (χ2n) is 10.6. The van der Waals surface area contributed by atoms with Crippen LogP contribution >= 0.6 is 0 Å². The van der Waals surface area contributed by atoms with Gasteiger partial charge < -0.3 is 14.5 Å². The molecule has 0 spiro atoms. The van der Waals surface area contributed by atoms with Crippen molar-refractivity contribution >= 4 is 28.6 Å². The van der Waals surface area contributed by atoms with Crippen molar-refractivity contribution in [2.75, 3.05) is 18.0 Å². The number of anilines is 1. The molecule has 1 aliphatic rings.